The number of benzene rings is 2. The minimum absolute atomic E-state index is 0.0508. The smallest absolute Gasteiger partial charge is 0.258 e. The van der Waals surface area contributed by atoms with Crippen LogP contribution >= 0.6 is 0 Å². The lowest BCUT2D eigenvalue weighted by molar-refractivity contribution is 0.0987. The molecule has 4 nitrogen and oxygen atoms in total. The maximum atomic E-state index is 13.1. The van der Waals surface area contributed by atoms with Gasteiger partial charge in [-0.2, -0.15) is 0 Å². The van der Waals surface area contributed by atoms with E-state index in [4.69, 9.17) is 0 Å². The van der Waals surface area contributed by atoms with Crippen LogP contribution in [0.5, 0.6) is 0 Å². The third-order valence-corrected chi connectivity index (χ3v) is 4.56. The van der Waals surface area contributed by atoms with Gasteiger partial charge in [0.1, 0.15) is 0 Å². The van der Waals surface area contributed by atoms with E-state index >= 15 is 0 Å². The van der Waals surface area contributed by atoms with Crippen molar-refractivity contribution in [1.82, 2.24) is 9.97 Å². The monoisotopic (exact) mass is 329 g/mol. The minimum Gasteiger partial charge on any atom is -0.308 e. The zero-order chi connectivity index (χ0) is 17.1. The SMILES string of the molecule is O=C(c1ccc(-c2ncccn2)cc1)N1CCCCc2ccccc21. The first kappa shape index (κ1) is 15.5. The lowest BCUT2D eigenvalue weighted by Crippen LogP contribution is -2.31. The molecule has 124 valence electrons. The van der Waals surface area contributed by atoms with Crippen molar-refractivity contribution in [1.29, 1.82) is 0 Å². The molecule has 1 aliphatic rings. The second-order valence-corrected chi connectivity index (χ2v) is 6.19. The number of carbonyl (C=O) groups is 1. The summed E-state index contributed by atoms with van der Waals surface area (Å²) >= 11 is 0. The van der Waals surface area contributed by atoms with Crippen molar-refractivity contribution in [3.63, 3.8) is 0 Å². The van der Waals surface area contributed by atoms with E-state index in [1.54, 1.807) is 18.5 Å². The summed E-state index contributed by atoms with van der Waals surface area (Å²) < 4.78 is 0. The molecule has 4 rings (SSSR count). The zero-order valence-electron chi connectivity index (χ0n) is 13.9. The van der Waals surface area contributed by atoms with Crippen LogP contribution in [0, 0.1) is 0 Å². The number of para-hydroxylation sites is 1. The van der Waals surface area contributed by atoms with Crippen LogP contribution < -0.4 is 4.90 Å². The molecule has 0 fully saturated rings. The number of aryl methyl sites for hydroxylation is 1. The summed E-state index contributed by atoms with van der Waals surface area (Å²) in [5.41, 5.74) is 3.90. The third kappa shape index (κ3) is 3.15. The molecule has 1 amide bonds. The Kier molecular flexibility index (Phi) is 4.25. The van der Waals surface area contributed by atoms with Gasteiger partial charge in [0, 0.05) is 35.8 Å². The van der Waals surface area contributed by atoms with E-state index in [1.807, 2.05) is 47.4 Å². The van der Waals surface area contributed by atoms with E-state index in [2.05, 4.69) is 16.0 Å². The van der Waals surface area contributed by atoms with E-state index in [0.29, 0.717) is 11.4 Å². The summed E-state index contributed by atoms with van der Waals surface area (Å²) in [6.07, 6.45) is 6.61. The summed E-state index contributed by atoms with van der Waals surface area (Å²) in [7, 11) is 0. The van der Waals surface area contributed by atoms with Crippen molar-refractivity contribution in [2.45, 2.75) is 19.3 Å². The van der Waals surface area contributed by atoms with Crippen LogP contribution in [0.3, 0.4) is 0 Å². The van der Waals surface area contributed by atoms with Crippen molar-refractivity contribution in [3.8, 4) is 11.4 Å². The van der Waals surface area contributed by atoms with Crippen LogP contribution in [0.1, 0.15) is 28.8 Å². The molecule has 1 aliphatic heterocycles. The van der Waals surface area contributed by atoms with Gasteiger partial charge in [0.05, 0.1) is 0 Å². The Morgan fingerprint density at radius 1 is 0.880 bits per heavy atom. The maximum Gasteiger partial charge on any atom is 0.258 e. The normalized spacial score (nSPS) is 13.8. The lowest BCUT2D eigenvalue weighted by atomic mass is 10.1. The number of amides is 1. The number of rotatable bonds is 2. The average Bonchev–Trinajstić information content (AvgIpc) is 2.91. The Morgan fingerprint density at radius 2 is 1.64 bits per heavy atom. The topological polar surface area (TPSA) is 46.1 Å². The van der Waals surface area contributed by atoms with Crippen LogP contribution in [0.15, 0.2) is 67.0 Å². The van der Waals surface area contributed by atoms with Gasteiger partial charge in [0.2, 0.25) is 0 Å². The fourth-order valence-corrected chi connectivity index (χ4v) is 3.27. The maximum absolute atomic E-state index is 13.1. The average molecular weight is 329 g/mol. The predicted molar refractivity (Wildman–Crippen MR) is 98.5 cm³/mol. The first-order valence-corrected chi connectivity index (χ1v) is 8.60. The van der Waals surface area contributed by atoms with E-state index in [1.165, 1.54) is 5.56 Å². The van der Waals surface area contributed by atoms with Gasteiger partial charge in [0.15, 0.2) is 5.82 Å². The molecule has 0 saturated heterocycles. The number of anilines is 1. The van der Waals surface area contributed by atoms with Crippen LogP contribution in [0.25, 0.3) is 11.4 Å². The van der Waals surface area contributed by atoms with Gasteiger partial charge in [-0.1, -0.05) is 30.3 Å². The van der Waals surface area contributed by atoms with Gasteiger partial charge >= 0.3 is 0 Å². The molecule has 1 aromatic heterocycles. The number of nitrogens with zero attached hydrogens (tertiary/aromatic N) is 3. The molecule has 25 heavy (non-hydrogen) atoms. The first-order chi connectivity index (χ1) is 12.3. The van der Waals surface area contributed by atoms with Crippen molar-refractivity contribution < 1.29 is 4.79 Å². The van der Waals surface area contributed by atoms with E-state index in [9.17, 15) is 4.79 Å². The summed E-state index contributed by atoms with van der Waals surface area (Å²) in [5, 5.41) is 0. The number of hydrogen-bond acceptors (Lipinski definition) is 3. The second-order valence-electron chi connectivity index (χ2n) is 6.19. The number of aromatic nitrogens is 2. The summed E-state index contributed by atoms with van der Waals surface area (Å²) in [4.78, 5) is 23.5. The Bertz CT molecular complexity index is 875. The summed E-state index contributed by atoms with van der Waals surface area (Å²) in [6, 6.07) is 17.5. The number of carbonyl (C=O) groups excluding carboxylic acids is 1. The third-order valence-electron chi connectivity index (χ3n) is 4.56. The lowest BCUT2D eigenvalue weighted by Gasteiger charge is -2.23. The van der Waals surface area contributed by atoms with E-state index in [0.717, 1.165) is 37.1 Å². The quantitative estimate of drug-likeness (QED) is 0.710. The molecule has 0 radical (unpaired) electrons. The Balaban J connectivity index is 1.63. The predicted octanol–water partition coefficient (Wildman–Crippen LogP) is 4.13. The van der Waals surface area contributed by atoms with Gasteiger partial charge in [0.25, 0.3) is 5.91 Å². The highest BCUT2D eigenvalue weighted by atomic mass is 16.2. The highest BCUT2D eigenvalue weighted by Crippen LogP contribution is 2.27. The molecule has 0 saturated carbocycles. The number of hydrogen-bond donors (Lipinski definition) is 0. The Morgan fingerprint density at radius 3 is 2.44 bits per heavy atom. The largest absolute Gasteiger partial charge is 0.308 e. The second kappa shape index (κ2) is 6.85. The highest BCUT2D eigenvalue weighted by molar-refractivity contribution is 6.06. The van der Waals surface area contributed by atoms with Crippen LogP contribution in [-0.2, 0) is 6.42 Å². The summed E-state index contributed by atoms with van der Waals surface area (Å²) in [5.74, 6) is 0.719. The van der Waals surface area contributed by atoms with Gasteiger partial charge in [-0.05, 0) is 49.1 Å². The van der Waals surface area contributed by atoms with E-state index in [-0.39, 0.29) is 5.91 Å². The van der Waals surface area contributed by atoms with Crippen LogP contribution in [0.4, 0.5) is 5.69 Å². The van der Waals surface area contributed by atoms with Gasteiger partial charge in [-0.3, -0.25) is 4.79 Å². The molecule has 0 aliphatic carbocycles. The molecule has 2 aromatic carbocycles. The molecule has 0 atom stereocenters. The summed E-state index contributed by atoms with van der Waals surface area (Å²) in [6.45, 7) is 0.763. The van der Waals surface area contributed by atoms with Gasteiger partial charge in [-0.15, -0.1) is 0 Å². The molecule has 2 heterocycles. The standard InChI is InChI=1S/C21H19N3O/c25-21(24-15-4-3-7-16-6-1-2-8-19(16)24)18-11-9-17(10-12-18)20-22-13-5-14-23-20/h1-2,5-6,8-14H,3-4,7,15H2. The molecule has 0 bridgehead atoms. The molecule has 0 N–H and O–H groups in total. The molecular formula is C21H19N3O. The van der Waals surface area contributed by atoms with Gasteiger partial charge in [-0.25, -0.2) is 9.97 Å². The Labute approximate surface area is 147 Å². The highest BCUT2D eigenvalue weighted by Gasteiger charge is 2.22. The molecular weight excluding hydrogens is 310 g/mol. The van der Waals surface area contributed by atoms with Crippen molar-refractivity contribution in [2.75, 3.05) is 11.4 Å². The molecule has 3 aromatic rings. The minimum atomic E-state index is 0.0508. The number of fused-ring (bicyclic) bond motifs is 1. The molecule has 4 heteroatoms. The van der Waals surface area contributed by atoms with Crippen molar-refractivity contribution in [3.05, 3.63) is 78.1 Å². The van der Waals surface area contributed by atoms with Gasteiger partial charge < -0.3 is 4.90 Å². The van der Waals surface area contributed by atoms with Crippen LogP contribution in [-0.4, -0.2) is 22.4 Å². The fraction of sp³-hybridized carbons (Fsp3) is 0.190. The molecule has 0 spiro atoms. The van der Waals surface area contributed by atoms with E-state index < -0.39 is 0 Å². The fourth-order valence-electron chi connectivity index (χ4n) is 3.27. The van der Waals surface area contributed by atoms with Crippen molar-refractivity contribution >= 4 is 11.6 Å². The van der Waals surface area contributed by atoms with Crippen LogP contribution in [0.2, 0.25) is 0 Å². The van der Waals surface area contributed by atoms with Crippen molar-refractivity contribution in [2.24, 2.45) is 0 Å². The Hall–Kier alpha value is -3.01. The first-order valence-electron chi connectivity index (χ1n) is 8.60. The zero-order valence-corrected chi connectivity index (χ0v) is 13.9. The molecule has 0 unspecified atom stereocenters.